The van der Waals surface area contributed by atoms with E-state index in [1.54, 1.807) is 6.07 Å². The molecule has 0 unspecified atom stereocenters. The standard InChI is InChI=1S/C11H15FN2O3S/c1-14(8-7-13-18(2,16)17)11(15)9-5-3-4-6-10(9)12/h3-6,13H,7-8H2,1-2H3. The van der Waals surface area contributed by atoms with Crippen LogP contribution >= 0.6 is 0 Å². The average molecular weight is 274 g/mol. The van der Waals surface area contributed by atoms with Gasteiger partial charge in [0.15, 0.2) is 0 Å². The minimum Gasteiger partial charge on any atom is -0.340 e. The van der Waals surface area contributed by atoms with E-state index in [9.17, 15) is 17.6 Å². The maximum atomic E-state index is 13.4. The third-order valence-electron chi connectivity index (χ3n) is 2.26. The zero-order chi connectivity index (χ0) is 13.8. The number of rotatable bonds is 5. The number of benzene rings is 1. The molecule has 0 aliphatic carbocycles. The van der Waals surface area contributed by atoms with Crippen molar-refractivity contribution >= 4 is 15.9 Å². The molecule has 0 aliphatic heterocycles. The smallest absolute Gasteiger partial charge is 0.256 e. The Hall–Kier alpha value is -1.47. The Morgan fingerprint density at radius 1 is 1.39 bits per heavy atom. The van der Waals surface area contributed by atoms with Crippen LogP contribution in [0.2, 0.25) is 0 Å². The summed E-state index contributed by atoms with van der Waals surface area (Å²) in [6, 6.07) is 5.66. The fraction of sp³-hybridized carbons (Fsp3) is 0.364. The van der Waals surface area contributed by atoms with Gasteiger partial charge in [0.05, 0.1) is 11.8 Å². The van der Waals surface area contributed by atoms with Gasteiger partial charge in [-0.2, -0.15) is 0 Å². The normalized spacial score (nSPS) is 11.3. The summed E-state index contributed by atoms with van der Waals surface area (Å²) < 4.78 is 37.3. The van der Waals surface area contributed by atoms with E-state index in [1.165, 1.54) is 30.1 Å². The Kier molecular flexibility index (Phi) is 4.80. The molecular formula is C11H15FN2O3S. The van der Waals surface area contributed by atoms with E-state index < -0.39 is 21.7 Å². The number of nitrogens with one attached hydrogen (secondary N) is 1. The van der Waals surface area contributed by atoms with Gasteiger partial charge in [0.25, 0.3) is 5.91 Å². The molecule has 0 saturated heterocycles. The van der Waals surface area contributed by atoms with Crippen LogP contribution in [-0.4, -0.2) is 45.6 Å². The molecule has 100 valence electrons. The van der Waals surface area contributed by atoms with E-state index in [-0.39, 0.29) is 18.7 Å². The Labute approximate surface area is 106 Å². The van der Waals surface area contributed by atoms with Gasteiger partial charge in [0.2, 0.25) is 10.0 Å². The molecule has 0 spiro atoms. The predicted octanol–water partition coefficient (Wildman–Crippen LogP) is 0.447. The second kappa shape index (κ2) is 5.92. The fourth-order valence-electron chi connectivity index (χ4n) is 1.34. The minimum absolute atomic E-state index is 0.0284. The van der Waals surface area contributed by atoms with Crippen molar-refractivity contribution in [2.75, 3.05) is 26.4 Å². The third kappa shape index (κ3) is 4.42. The second-order valence-electron chi connectivity index (χ2n) is 3.87. The lowest BCUT2D eigenvalue weighted by atomic mass is 10.2. The fourth-order valence-corrected chi connectivity index (χ4v) is 1.80. The Bertz CT molecular complexity index is 531. The molecule has 0 saturated carbocycles. The molecule has 18 heavy (non-hydrogen) atoms. The first-order chi connectivity index (χ1) is 8.31. The molecular weight excluding hydrogens is 259 g/mol. The predicted molar refractivity (Wildman–Crippen MR) is 66.2 cm³/mol. The first kappa shape index (κ1) is 14.6. The van der Waals surface area contributed by atoms with Gasteiger partial charge in [0, 0.05) is 20.1 Å². The van der Waals surface area contributed by atoms with Crippen molar-refractivity contribution in [1.82, 2.24) is 9.62 Å². The molecule has 1 rings (SSSR count). The largest absolute Gasteiger partial charge is 0.340 e. The summed E-state index contributed by atoms with van der Waals surface area (Å²) >= 11 is 0. The Balaban J connectivity index is 2.60. The molecule has 0 atom stereocenters. The molecule has 1 aromatic rings. The van der Waals surface area contributed by atoms with E-state index in [1.807, 2.05) is 0 Å². The number of nitrogens with zero attached hydrogens (tertiary/aromatic N) is 1. The van der Waals surface area contributed by atoms with Gasteiger partial charge in [0.1, 0.15) is 5.82 Å². The van der Waals surface area contributed by atoms with Crippen molar-refractivity contribution in [2.24, 2.45) is 0 Å². The highest BCUT2D eigenvalue weighted by Gasteiger charge is 2.15. The highest BCUT2D eigenvalue weighted by molar-refractivity contribution is 7.88. The van der Waals surface area contributed by atoms with Crippen molar-refractivity contribution in [3.8, 4) is 0 Å². The van der Waals surface area contributed by atoms with Crippen LogP contribution in [0.1, 0.15) is 10.4 Å². The number of likely N-dealkylation sites (N-methyl/N-ethyl adjacent to an activating group) is 1. The molecule has 0 radical (unpaired) electrons. The summed E-state index contributed by atoms with van der Waals surface area (Å²) in [6.07, 6.45) is 1.03. The molecule has 7 heteroatoms. The second-order valence-corrected chi connectivity index (χ2v) is 5.71. The van der Waals surface area contributed by atoms with Crippen LogP contribution < -0.4 is 4.72 Å². The van der Waals surface area contributed by atoms with E-state index >= 15 is 0 Å². The number of halogens is 1. The van der Waals surface area contributed by atoms with E-state index in [2.05, 4.69) is 4.72 Å². The lowest BCUT2D eigenvalue weighted by Crippen LogP contribution is -2.36. The van der Waals surface area contributed by atoms with Crippen molar-refractivity contribution in [3.05, 3.63) is 35.6 Å². The van der Waals surface area contributed by atoms with Crippen LogP contribution in [0.5, 0.6) is 0 Å². The van der Waals surface area contributed by atoms with E-state index in [0.29, 0.717) is 0 Å². The minimum atomic E-state index is -3.28. The Morgan fingerprint density at radius 2 is 2.00 bits per heavy atom. The van der Waals surface area contributed by atoms with Crippen LogP contribution in [0.4, 0.5) is 4.39 Å². The SMILES string of the molecule is CN(CCNS(C)(=O)=O)C(=O)c1ccccc1F. The zero-order valence-electron chi connectivity index (χ0n) is 10.2. The molecule has 0 bridgehead atoms. The van der Waals surface area contributed by atoms with Crippen LogP contribution in [0.3, 0.4) is 0 Å². The molecule has 0 fully saturated rings. The van der Waals surface area contributed by atoms with E-state index in [4.69, 9.17) is 0 Å². The topological polar surface area (TPSA) is 66.5 Å². The summed E-state index contributed by atoms with van der Waals surface area (Å²) in [5.41, 5.74) is -0.0284. The lowest BCUT2D eigenvalue weighted by Gasteiger charge is -2.17. The van der Waals surface area contributed by atoms with Crippen LogP contribution in [0, 0.1) is 5.82 Å². The number of carbonyl (C=O) groups excluding carboxylic acids is 1. The van der Waals surface area contributed by atoms with E-state index in [0.717, 1.165) is 6.26 Å². The van der Waals surface area contributed by atoms with Gasteiger partial charge < -0.3 is 4.90 Å². The van der Waals surface area contributed by atoms with Crippen LogP contribution in [0.25, 0.3) is 0 Å². The summed E-state index contributed by atoms with van der Waals surface area (Å²) in [6.45, 7) is 0.260. The number of hydrogen-bond acceptors (Lipinski definition) is 3. The highest BCUT2D eigenvalue weighted by atomic mass is 32.2. The average Bonchev–Trinajstić information content (AvgIpc) is 2.27. The van der Waals surface area contributed by atoms with Crippen molar-refractivity contribution < 1.29 is 17.6 Å². The van der Waals surface area contributed by atoms with Gasteiger partial charge in [-0.3, -0.25) is 4.79 Å². The molecule has 0 heterocycles. The summed E-state index contributed by atoms with van der Waals surface area (Å²) in [7, 11) is -1.80. The van der Waals surface area contributed by atoms with Crippen LogP contribution in [0.15, 0.2) is 24.3 Å². The summed E-state index contributed by atoms with van der Waals surface area (Å²) in [5.74, 6) is -1.08. The lowest BCUT2D eigenvalue weighted by molar-refractivity contribution is 0.0793. The summed E-state index contributed by atoms with van der Waals surface area (Å²) in [5, 5.41) is 0. The summed E-state index contributed by atoms with van der Waals surface area (Å²) in [4.78, 5) is 13.1. The van der Waals surface area contributed by atoms with Crippen molar-refractivity contribution in [1.29, 1.82) is 0 Å². The number of amides is 1. The molecule has 1 aromatic carbocycles. The number of sulfonamides is 1. The maximum absolute atomic E-state index is 13.4. The molecule has 1 amide bonds. The van der Waals surface area contributed by atoms with Gasteiger partial charge in [-0.05, 0) is 12.1 Å². The monoisotopic (exact) mass is 274 g/mol. The zero-order valence-corrected chi connectivity index (χ0v) is 11.0. The quantitative estimate of drug-likeness (QED) is 0.847. The van der Waals surface area contributed by atoms with Gasteiger partial charge >= 0.3 is 0 Å². The Morgan fingerprint density at radius 3 is 2.56 bits per heavy atom. The number of hydrogen-bond donors (Lipinski definition) is 1. The molecule has 0 aromatic heterocycles. The van der Waals surface area contributed by atoms with Gasteiger partial charge in [-0.15, -0.1) is 0 Å². The highest BCUT2D eigenvalue weighted by Crippen LogP contribution is 2.08. The number of carbonyl (C=O) groups is 1. The first-order valence-corrected chi connectivity index (χ1v) is 7.15. The van der Waals surface area contributed by atoms with Gasteiger partial charge in [-0.1, -0.05) is 12.1 Å². The first-order valence-electron chi connectivity index (χ1n) is 5.26. The van der Waals surface area contributed by atoms with Gasteiger partial charge in [-0.25, -0.2) is 17.5 Å². The maximum Gasteiger partial charge on any atom is 0.256 e. The van der Waals surface area contributed by atoms with Crippen molar-refractivity contribution in [2.45, 2.75) is 0 Å². The van der Waals surface area contributed by atoms with Crippen LogP contribution in [-0.2, 0) is 10.0 Å². The molecule has 0 aliphatic rings. The van der Waals surface area contributed by atoms with Crippen molar-refractivity contribution in [3.63, 3.8) is 0 Å². The molecule has 1 N–H and O–H groups in total. The third-order valence-corrected chi connectivity index (χ3v) is 2.99. The molecule has 5 nitrogen and oxygen atoms in total.